The third-order valence-electron chi connectivity index (χ3n) is 6.62. The van der Waals surface area contributed by atoms with Gasteiger partial charge < -0.3 is 0 Å². The highest BCUT2D eigenvalue weighted by atomic mass is 32.2. The number of hydrogen-bond donors (Lipinski definition) is 0. The predicted molar refractivity (Wildman–Crippen MR) is 117 cm³/mol. The maximum atomic E-state index is 13.1. The zero-order valence-electron chi connectivity index (χ0n) is 17.8. The normalized spacial score (nSPS) is 22.4. The Balaban J connectivity index is 1.44. The standard InChI is InChI=1S/C23H28N4O3S/c1-16-20-11-12-21(28)27(14-17-9-10-17)23(20)25-22(24-16)18-6-5-13-26(15-18)31(29,30)19-7-3-2-4-8-19/h2-4,7-8,17-18H,5-6,9-15H2,1H3. The van der Waals surface area contributed by atoms with Gasteiger partial charge in [0.05, 0.1) is 4.90 Å². The molecule has 2 aliphatic heterocycles. The summed E-state index contributed by atoms with van der Waals surface area (Å²) in [5.41, 5.74) is 1.98. The molecule has 2 fully saturated rings. The van der Waals surface area contributed by atoms with Crippen molar-refractivity contribution >= 4 is 21.7 Å². The van der Waals surface area contributed by atoms with Crippen LogP contribution in [0, 0.1) is 12.8 Å². The lowest BCUT2D eigenvalue weighted by atomic mass is 9.97. The average Bonchev–Trinajstić information content (AvgIpc) is 3.60. The summed E-state index contributed by atoms with van der Waals surface area (Å²) in [4.78, 5) is 24.5. The second-order valence-electron chi connectivity index (χ2n) is 8.93. The van der Waals surface area contributed by atoms with E-state index in [9.17, 15) is 13.2 Å². The number of rotatable bonds is 5. The van der Waals surface area contributed by atoms with Crippen molar-refractivity contribution in [1.82, 2.24) is 14.3 Å². The van der Waals surface area contributed by atoms with Crippen molar-refractivity contribution in [3.8, 4) is 0 Å². The molecule has 8 heteroatoms. The number of carbonyl (C=O) groups is 1. The number of amides is 1. The molecule has 7 nitrogen and oxygen atoms in total. The van der Waals surface area contributed by atoms with Gasteiger partial charge in [-0.25, -0.2) is 18.4 Å². The number of sulfonamides is 1. The minimum atomic E-state index is -3.54. The van der Waals surface area contributed by atoms with Crippen molar-refractivity contribution in [3.63, 3.8) is 0 Å². The molecular formula is C23H28N4O3S. The Kier molecular flexibility index (Phi) is 5.30. The van der Waals surface area contributed by atoms with E-state index in [0.29, 0.717) is 42.6 Å². The molecule has 1 saturated carbocycles. The molecule has 1 atom stereocenters. The Morgan fingerprint density at radius 3 is 2.58 bits per heavy atom. The molecule has 1 aromatic heterocycles. The molecule has 1 amide bonds. The number of carbonyl (C=O) groups excluding carboxylic acids is 1. The summed E-state index contributed by atoms with van der Waals surface area (Å²) in [6.45, 7) is 3.59. The van der Waals surface area contributed by atoms with Gasteiger partial charge in [0.2, 0.25) is 15.9 Å². The van der Waals surface area contributed by atoms with Gasteiger partial charge in [0, 0.05) is 43.2 Å². The van der Waals surface area contributed by atoms with Crippen LogP contribution >= 0.6 is 0 Å². The fraction of sp³-hybridized carbons (Fsp3) is 0.522. The zero-order valence-corrected chi connectivity index (χ0v) is 18.6. The Labute approximate surface area is 183 Å². The summed E-state index contributed by atoms with van der Waals surface area (Å²) in [5.74, 6) is 2.07. The van der Waals surface area contributed by atoms with E-state index >= 15 is 0 Å². The van der Waals surface area contributed by atoms with Crippen molar-refractivity contribution in [2.24, 2.45) is 5.92 Å². The van der Waals surface area contributed by atoms with Crippen LogP contribution in [0.3, 0.4) is 0 Å². The third-order valence-corrected chi connectivity index (χ3v) is 8.50. The number of anilines is 1. The van der Waals surface area contributed by atoms with Gasteiger partial charge in [-0.1, -0.05) is 18.2 Å². The van der Waals surface area contributed by atoms with Crippen LogP contribution in [-0.2, 0) is 21.2 Å². The average molecular weight is 441 g/mol. The number of hydrogen-bond acceptors (Lipinski definition) is 5. The molecule has 31 heavy (non-hydrogen) atoms. The first-order valence-electron chi connectivity index (χ1n) is 11.2. The fourth-order valence-electron chi connectivity index (χ4n) is 4.65. The van der Waals surface area contributed by atoms with Crippen LogP contribution in [0.15, 0.2) is 35.2 Å². The zero-order chi connectivity index (χ0) is 21.6. The Hall–Kier alpha value is -2.32. The number of aromatic nitrogens is 2. The maximum absolute atomic E-state index is 13.1. The molecule has 1 unspecified atom stereocenters. The van der Waals surface area contributed by atoms with Crippen LogP contribution < -0.4 is 4.90 Å². The first kappa shape index (κ1) is 20.6. The lowest BCUT2D eigenvalue weighted by Crippen LogP contribution is -2.41. The third kappa shape index (κ3) is 3.99. The summed E-state index contributed by atoms with van der Waals surface area (Å²) in [6.07, 6.45) is 5.14. The summed E-state index contributed by atoms with van der Waals surface area (Å²) in [6, 6.07) is 8.58. The summed E-state index contributed by atoms with van der Waals surface area (Å²) < 4.78 is 27.8. The van der Waals surface area contributed by atoms with Crippen LogP contribution in [0.4, 0.5) is 5.82 Å². The molecule has 0 bridgehead atoms. The van der Waals surface area contributed by atoms with E-state index in [1.807, 2.05) is 17.9 Å². The quantitative estimate of drug-likeness (QED) is 0.714. The van der Waals surface area contributed by atoms with E-state index in [1.54, 1.807) is 28.6 Å². The molecule has 3 aliphatic rings. The SMILES string of the molecule is Cc1nc(C2CCCN(S(=O)(=O)c3ccccc3)C2)nc2c1CCC(=O)N2CC1CC1. The van der Waals surface area contributed by atoms with E-state index in [0.717, 1.165) is 36.5 Å². The largest absolute Gasteiger partial charge is 0.296 e. The van der Waals surface area contributed by atoms with Crippen molar-refractivity contribution in [3.05, 3.63) is 47.4 Å². The number of piperidine rings is 1. The highest BCUT2D eigenvalue weighted by Gasteiger charge is 2.36. The monoisotopic (exact) mass is 440 g/mol. The highest BCUT2D eigenvalue weighted by Crippen LogP contribution is 2.36. The molecule has 0 spiro atoms. The van der Waals surface area contributed by atoms with E-state index < -0.39 is 10.0 Å². The molecule has 3 heterocycles. The van der Waals surface area contributed by atoms with Crippen LogP contribution in [0.5, 0.6) is 0 Å². The lowest BCUT2D eigenvalue weighted by Gasteiger charge is -2.33. The minimum absolute atomic E-state index is 0.0731. The molecule has 1 saturated heterocycles. The number of nitrogens with zero attached hydrogens (tertiary/aromatic N) is 4. The van der Waals surface area contributed by atoms with Crippen molar-refractivity contribution < 1.29 is 13.2 Å². The maximum Gasteiger partial charge on any atom is 0.243 e. The van der Waals surface area contributed by atoms with E-state index in [1.165, 1.54) is 12.8 Å². The lowest BCUT2D eigenvalue weighted by molar-refractivity contribution is -0.119. The van der Waals surface area contributed by atoms with E-state index in [2.05, 4.69) is 0 Å². The van der Waals surface area contributed by atoms with Gasteiger partial charge in [-0.15, -0.1) is 0 Å². The van der Waals surface area contributed by atoms with Gasteiger partial charge in [0.15, 0.2) is 0 Å². The molecule has 0 radical (unpaired) electrons. The number of aryl methyl sites for hydroxylation is 1. The summed E-state index contributed by atoms with van der Waals surface area (Å²) in [7, 11) is -3.54. The summed E-state index contributed by atoms with van der Waals surface area (Å²) >= 11 is 0. The van der Waals surface area contributed by atoms with Crippen molar-refractivity contribution in [1.29, 1.82) is 0 Å². The molecule has 164 valence electrons. The first-order valence-corrected chi connectivity index (χ1v) is 12.6. The molecular weight excluding hydrogens is 412 g/mol. The second-order valence-corrected chi connectivity index (χ2v) is 10.9. The van der Waals surface area contributed by atoms with Gasteiger partial charge in [-0.05, 0) is 57.1 Å². The first-order chi connectivity index (χ1) is 14.9. The smallest absolute Gasteiger partial charge is 0.243 e. The van der Waals surface area contributed by atoms with Gasteiger partial charge in [0.25, 0.3) is 0 Å². The molecule has 1 aliphatic carbocycles. The molecule has 5 rings (SSSR count). The molecule has 0 N–H and O–H groups in total. The fourth-order valence-corrected chi connectivity index (χ4v) is 6.19. The topological polar surface area (TPSA) is 83.5 Å². The predicted octanol–water partition coefficient (Wildman–Crippen LogP) is 3.04. The van der Waals surface area contributed by atoms with Gasteiger partial charge in [-0.2, -0.15) is 4.31 Å². The van der Waals surface area contributed by atoms with Gasteiger partial charge >= 0.3 is 0 Å². The number of fused-ring (bicyclic) bond motifs is 1. The van der Waals surface area contributed by atoms with Crippen LogP contribution in [0.2, 0.25) is 0 Å². The summed E-state index contributed by atoms with van der Waals surface area (Å²) in [5, 5.41) is 0. The van der Waals surface area contributed by atoms with Gasteiger partial charge in [-0.3, -0.25) is 9.69 Å². The van der Waals surface area contributed by atoms with Crippen molar-refractivity contribution in [2.75, 3.05) is 24.5 Å². The van der Waals surface area contributed by atoms with E-state index in [-0.39, 0.29) is 11.8 Å². The second kappa shape index (κ2) is 7.98. The van der Waals surface area contributed by atoms with Crippen molar-refractivity contribution in [2.45, 2.75) is 56.3 Å². The Morgan fingerprint density at radius 2 is 1.84 bits per heavy atom. The number of benzene rings is 1. The van der Waals surface area contributed by atoms with Crippen LogP contribution in [0.25, 0.3) is 0 Å². The Morgan fingerprint density at radius 1 is 1.06 bits per heavy atom. The van der Waals surface area contributed by atoms with Crippen LogP contribution in [0.1, 0.15) is 55.1 Å². The van der Waals surface area contributed by atoms with Crippen LogP contribution in [-0.4, -0.2) is 48.2 Å². The van der Waals surface area contributed by atoms with E-state index in [4.69, 9.17) is 9.97 Å². The molecule has 1 aromatic carbocycles. The highest BCUT2D eigenvalue weighted by molar-refractivity contribution is 7.89. The van der Waals surface area contributed by atoms with Gasteiger partial charge in [0.1, 0.15) is 11.6 Å². The minimum Gasteiger partial charge on any atom is -0.296 e. The molecule has 2 aromatic rings. The Bertz CT molecular complexity index is 1100.